The molecule has 1 N–H and O–H groups in total. The van der Waals surface area contributed by atoms with Gasteiger partial charge in [-0.25, -0.2) is 0 Å². The van der Waals surface area contributed by atoms with Gasteiger partial charge in [0, 0.05) is 30.3 Å². The molecule has 43 heavy (non-hydrogen) atoms. The molecule has 3 heterocycles. The number of carboxylic acid groups (broad SMARTS) is 1. The number of ketones is 1. The van der Waals surface area contributed by atoms with Crippen LogP contribution in [0.15, 0.2) is 72.9 Å². The number of hydrogen-bond acceptors (Lipinski definition) is 5. The van der Waals surface area contributed by atoms with E-state index in [9.17, 15) is 19.5 Å². The summed E-state index contributed by atoms with van der Waals surface area (Å²) in [5, 5.41) is 11.1. The maximum absolute atomic E-state index is 14.3. The van der Waals surface area contributed by atoms with Gasteiger partial charge in [0.2, 0.25) is 5.91 Å². The largest absolute Gasteiger partial charge is 0.488 e. The minimum atomic E-state index is -1.08. The molecule has 2 fully saturated rings. The molecule has 1 aromatic heterocycles. The maximum atomic E-state index is 14.3. The number of ether oxygens (including phenoxy) is 1. The number of pyridine rings is 1. The van der Waals surface area contributed by atoms with Crippen LogP contribution in [-0.2, 0) is 20.8 Å². The molecule has 3 aliphatic rings. The van der Waals surface area contributed by atoms with Gasteiger partial charge < -0.3 is 14.7 Å². The summed E-state index contributed by atoms with van der Waals surface area (Å²) < 4.78 is 6.52. The number of carbonyl (C=O) groups is 3. The lowest BCUT2D eigenvalue weighted by Gasteiger charge is -2.29. The van der Waals surface area contributed by atoms with E-state index in [-0.39, 0.29) is 29.9 Å². The number of aryl methyl sites for hydroxylation is 1. The van der Waals surface area contributed by atoms with Crippen LogP contribution in [0.25, 0.3) is 10.9 Å². The number of fused-ring (bicyclic) bond motifs is 3. The fraction of sp³-hybridized carbons (Fsp3) is 0.444. The van der Waals surface area contributed by atoms with Crippen LogP contribution < -0.4 is 4.74 Å². The number of aliphatic carboxylic acids is 1. The minimum Gasteiger partial charge on any atom is -0.488 e. The first-order chi connectivity index (χ1) is 20.8. The number of carbonyl (C=O) groups excluding carboxylic acids is 2. The second-order valence-electron chi connectivity index (χ2n) is 12.7. The van der Waals surface area contributed by atoms with E-state index in [1.807, 2.05) is 67.6 Å². The van der Waals surface area contributed by atoms with Crippen molar-refractivity contribution in [3.63, 3.8) is 0 Å². The first-order valence-electron chi connectivity index (χ1n) is 15.6. The van der Waals surface area contributed by atoms with Gasteiger partial charge in [-0.3, -0.25) is 19.4 Å². The molecule has 224 valence electrons. The van der Waals surface area contributed by atoms with E-state index in [4.69, 9.17) is 4.74 Å². The van der Waals surface area contributed by atoms with Crippen LogP contribution in [0.5, 0.6) is 5.75 Å². The summed E-state index contributed by atoms with van der Waals surface area (Å²) in [7, 11) is 0. The minimum absolute atomic E-state index is 0.0340. The fourth-order valence-electron chi connectivity index (χ4n) is 7.02. The highest BCUT2D eigenvalue weighted by Gasteiger charge is 2.61. The third-order valence-electron chi connectivity index (χ3n) is 9.58. The quantitative estimate of drug-likeness (QED) is 0.355. The van der Waals surface area contributed by atoms with Crippen molar-refractivity contribution >= 4 is 28.6 Å². The summed E-state index contributed by atoms with van der Waals surface area (Å²) in [4.78, 5) is 47.0. The van der Waals surface area contributed by atoms with Crippen LogP contribution in [-0.4, -0.2) is 51.3 Å². The zero-order valence-corrected chi connectivity index (χ0v) is 24.8. The maximum Gasteiger partial charge on any atom is 0.310 e. The number of Topliss-reactive ketones (excluding diaryl/α,β-unsaturated/α-hetero) is 1. The standard InChI is InChI=1S/C36H40N2O5/c1-24-14-15-29-30(18-24)37-17-16-33(29)43-28-20-31-32(39)22-36(35(41)42)21-27(36)13-9-4-2-3-8-12-26(34(40)38(31)23-28)19-25-10-6-5-7-11-25/h5-7,9-11,13-18,26-28,31H,2-4,8,12,19-23H2,1H3,(H,41,42)/b13-9-/t26-,27+,28-,31+,36-/m1/s1. The molecule has 1 saturated heterocycles. The molecule has 5 atom stereocenters. The highest BCUT2D eigenvalue weighted by atomic mass is 16.5. The Morgan fingerprint density at radius 3 is 2.74 bits per heavy atom. The number of amides is 1. The number of carboxylic acids is 1. The van der Waals surface area contributed by atoms with Crippen molar-refractivity contribution in [1.82, 2.24) is 9.88 Å². The van der Waals surface area contributed by atoms with Gasteiger partial charge in [0.05, 0.1) is 23.5 Å². The molecule has 0 unspecified atom stereocenters. The van der Waals surface area contributed by atoms with Crippen molar-refractivity contribution in [2.75, 3.05) is 6.54 Å². The van der Waals surface area contributed by atoms with Crippen molar-refractivity contribution in [2.45, 2.75) is 76.9 Å². The zero-order chi connectivity index (χ0) is 30.0. The third-order valence-corrected chi connectivity index (χ3v) is 9.58. The van der Waals surface area contributed by atoms with Gasteiger partial charge in [0.25, 0.3) is 0 Å². The van der Waals surface area contributed by atoms with E-state index in [0.29, 0.717) is 31.6 Å². The van der Waals surface area contributed by atoms with Crippen LogP contribution in [0.4, 0.5) is 0 Å². The average molecular weight is 581 g/mol. The first kappa shape index (κ1) is 29.1. The summed E-state index contributed by atoms with van der Waals surface area (Å²) in [5.74, 6) is -0.871. The Morgan fingerprint density at radius 2 is 1.93 bits per heavy atom. The number of allylic oxidation sites excluding steroid dienone is 2. The topological polar surface area (TPSA) is 96.8 Å². The van der Waals surface area contributed by atoms with E-state index < -0.39 is 23.5 Å². The Bertz CT molecular complexity index is 1540. The molecule has 0 bridgehead atoms. The van der Waals surface area contributed by atoms with Gasteiger partial charge in [0.15, 0.2) is 5.78 Å². The van der Waals surface area contributed by atoms with Crippen molar-refractivity contribution in [2.24, 2.45) is 17.3 Å². The number of rotatable bonds is 5. The van der Waals surface area contributed by atoms with Crippen LogP contribution in [0.2, 0.25) is 0 Å². The Hall–Kier alpha value is -4.00. The van der Waals surface area contributed by atoms with E-state index in [0.717, 1.165) is 54.1 Å². The third kappa shape index (κ3) is 6.22. The van der Waals surface area contributed by atoms with Crippen LogP contribution in [0.3, 0.4) is 0 Å². The van der Waals surface area contributed by atoms with Gasteiger partial charge in [-0.1, -0.05) is 61.4 Å². The van der Waals surface area contributed by atoms with Gasteiger partial charge in [-0.15, -0.1) is 0 Å². The van der Waals surface area contributed by atoms with Crippen LogP contribution >= 0.6 is 0 Å². The van der Waals surface area contributed by atoms with E-state index in [1.165, 1.54) is 0 Å². The molecule has 7 heteroatoms. The molecule has 1 saturated carbocycles. The van der Waals surface area contributed by atoms with Gasteiger partial charge >= 0.3 is 5.97 Å². The average Bonchev–Trinajstić information content (AvgIpc) is 3.53. The van der Waals surface area contributed by atoms with Gasteiger partial charge in [-0.05, 0) is 74.3 Å². The monoisotopic (exact) mass is 580 g/mol. The smallest absolute Gasteiger partial charge is 0.310 e. The summed E-state index contributed by atoms with van der Waals surface area (Å²) in [6, 6.07) is 17.2. The van der Waals surface area contributed by atoms with E-state index >= 15 is 0 Å². The highest BCUT2D eigenvalue weighted by Crippen LogP contribution is 2.57. The predicted octanol–water partition coefficient (Wildman–Crippen LogP) is 6.32. The van der Waals surface area contributed by atoms with Gasteiger partial charge in [-0.2, -0.15) is 0 Å². The first-order valence-corrected chi connectivity index (χ1v) is 15.6. The molecule has 2 aromatic carbocycles. The lowest BCUT2D eigenvalue weighted by molar-refractivity contribution is -0.147. The molecule has 0 radical (unpaired) electrons. The molecule has 6 rings (SSSR count). The number of aromatic nitrogens is 1. The van der Waals surface area contributed by atoms with E-state index in [2.05, 4.69) is 11.1 Å². The summed E-state index contributed by atoms with van der Waals surface area (Å²) >= 11 is 0. The summed E-state index contributed by atoms with van der Waals surface area (Å²) in [6.45, 7) is 2.31. The second kappa shape index (κ2) is 12.3. The SMILES string of the molecule is Cc1ccc2c(O[C@@H]3C[C@H]4C(=O)C[C@]5(C(=O)O)C[C@@H]5/C=C\CCCCC[C@H](Cc5ccccc5)C(=O)N4C3)ccnc2c1. The zero-order valence-electron chi connectivity index (χ0n) is 24.8. The molecule has 2 aliphatic heterocycles. The normalized spacial score (nSPS) is 28.8. The molecular formula is C36H40N2O5. The van der Waals surface area contributed by atoms with Crippen LogP contribution in [0.1, 0.15) is 62.5 Å². The predicted molar refractivity (Wildman–Crippen MR) is 165 cm³/mol. The number of nitrogens with zero attached hydrogens (tertiary/aromatic N) is 2. The highest BCUT2D eigenvalue weighted by molar-refractivity contribution is 5.95. The molecule has 7 nitrogen and oxygen atoms in total. The molecular weight excluding hydrogens is 540 g/mol. The second-order valence-corrected chi connectivity index (χ2v) is 12.7. The molecule has 1 aliphatic carbocycles. The van der Waals surface area contributed by atoms with Crippen LogP contribution in [0, 0.1) is 24.2 Å². The molecule has 1 amide bonds. The Labute approximate surface area is 252 Å². The lowest BCUT2D eigenvalue weighted by atomic mass is 9.90. The summed E-state index contributed by atoms with van der Waals surface area (Å²) in [5.41, 5.74) is 1.95. The Balaban J connectivity index is 1.31. The summed E-state index contributed by atoms with van der Waals surface area (Å²) in [6.07, 6.45) is 11.3. The van der Waals surface area contributed by atoms with E-state index in [1.54, 1.807) is 11.1 Å². The lowest BCUT2D eigenvalue weighted by Crippen LogP contribution is -2.45. The molecule has 3 aromatic rings. The molecule has 0 spiro atoms. The number of hydrogen-bond donors (Lipinski definition) is 1. The van der Waals surface area contributed by atoms with Crippen molar-refractivity contribution < 1.29 is 24.2 Å². The van der Waals surface area contributed by atoms with Crippen molar-refractivity contribution in [1.29, 1.82) is 0 Å². The Kier molecular flexibility index (Phi) is 8.33. The van der Waals surface area contributed by atoms with Crippen molar-refractivity contribution in [3.8, 4) is 5.75 Å². The fourth-order valence-corrected chi connectivity index (χ4v) is 7.02. The number of benzene rings is 2. The van der Waals surface area contributed by atoms with Gasteiger partial charge in [0.1, 0.15) is 11.9 Å². The van der Waals surface area contributed by atoms with Crippen molar-refractivity contribution in [3.05, 3.63) is 84.1 Å². The Morgan fingerprint density at radius 1 is 1.09 bits per heavy atom.